The van der Waals surface area contributed by atoms with E-state index in [9.17, 15) is 33.3 Å². The van der Waals surface area contributed by atoms with E-state index in [-0.39, 0.29) is 35.9 Å². The van der Waals surface area contributed by atoms with Crippen LogP contribution < -0.4 is 32.2 Å². The number of nitrogens with zero attached hydrogens (tertiary/aromatic N) is 5. The summed E-state index contributed by atoms with van der Waals surface area (Å²) in [6, 6.07) is 14.0. The van der Waals surface area contributed by atoms with Gasteiger partial charge < -0.3 is 54.4 Å². The lowest BCUT2D eigenvalue weighted by atomic mass is 10.2. The van der Waals surface area contributed by atoms with Crippen LogP contribution in [0.1, 0.15) is 54.1 Å². The molecule has 380 valence electrons. The molecule has 0 spiro atoms. The number of imidazole rings is 1. The van der Waals surface area contributed by atoms with Gasteiger partial charge in [-0.05, 0) is 79.2 Å². The van der Waals surface area contributed by atoms with Crippen LogP contribution >= 0.6 is 26.0 Å². The molecule has 7 atom stereocenters. The Labute approximate surface area is 403 Å². The molecule has 5 heterocycles. The minimum Gasteiger partial charge on any atom is -0.491 e. The first-order valence-corrected chi connectivity index (χ1v) is 26.7. The van der Waals surface area contributed by atoms with E-state index in [1.165, 1.54) is 34.1 Å². The van der Waals surface area contributed by atoms with Crippen LogP contribution in [-0.2, 0) is 52.1 Å². The molecule has 25 nitrogen and oxygen atoms in total. The van der Waals surface area contributed by atoms with Gasteiger partial charge in [-0.3, -0.25) is 32.5 Å². The monoisotopic (exact) mass is 1040 g/mol. The second kappa shape index (κ2) is 25.5. The van der Waals surface area contributed by atoms with E-state index in [1.54, 1.807) is 48.5 Å². The zero-order valence-electron chi connectivity index (χ0n) is 37.6. The van der Waals surface area contributed by atoms with Crippen LogP contribution in [0.4, 0.5) is 5.82 Å². The zero-order chi connectivity index (χ0) is 49.5. The van der Waals surface area contributed by atoms with Crippen LogP contribution in [0, 0.1) is 0 Å². The number of anilines is 1. The maximum absolute atomic E-state index is 13.3. The molecule has 5 aromatic rings. The number of rotatable bonds is 28. The molecule has 0 aliphatic carbocycles. The van der Waals surface area contributed by atoms with Crippen molar-refractivity contribution in [3.05, 3.63) is 105 Å². The fraction of sp³-hybridized carbons (Fsp3) is 0.476. The molecule has 0 bridgehead atoms. The number of nitrogens with one attached hydrogen (secondary N) is 1. The molecule has 7 N–H and O–H groups in total. The van der Waals surface area contributed by atoms with Crippen molar-refractivity contribution in [3.8, 4) is 11.5 Å². The summed E-state index contributed by atoms with van der Waals surface area (Å²) in [4.78, 5) is 72.8. The van der Waals surface area contributed by atoms with Gasteiger partial charge in [-0.15, -0.1) is 0 Å². The molecule has 2 aliphatic rings. The molecule has 0 saturated carbocycles. The predicted molar refractivity (Wildman–Crippen MR) is 250 cm³/mol. The Balaban J connectivity index is 0.859. The summed E-state index contributed by atoms with van der Waals surface area (Å²) in [7, 11) is -4.85. The molecule has 2 aromatic carbocycles. The van der Waals surface area contributed by atoms with Crippen LogP contribution in [0.15, 0.2) is 83.0 Å². The standard InChI is InChI=1S/C42H54N8O17P2S/c43-13-1-15-58-16-17-59-18-19-60-20-21-61-30-8-4-29(5-9-30)41(52)65-31-6-2-28(3-7-31)25-70-69(56,57)63-24-34-33(22-37(66-34)50-27-47-38-39(44)45-26-46-40(38)50)67-68(54,55)62-23-32-10-11-36(64-32)49-14-12-35(51)48-42(49)53/h2-9,12,14,26-27,32-34,36-37H,1,10-11,13,15-25,43H2,(H,54,55)(H,56,57)(H2,44,45,46)(H,48,51,53)/t32-,33-,34+,36+,37+/m0/s1. The largest absolute Gasteiger partial charge is 0.491 e. The summed E-state index contributed by atoms with van der Waals surface area (Å²) in [6.45, 7) is -1.62. The number of carbonyl (C=O) groups excluding carboxylic acids is 1. The summed E-state index contributed by atoms with van der Waals surface area (Å²) in [5.74, 6) is 0.319. The maximum atomic E-state index is 13.3. The summed E-state index contributed by atoms with van der Waals surface area (Å²) in [6.07, 6.45) is 0.645. The van der Waals surface area contributed by atoms with Crippen molar-refractivity contribution in [2.45, 2.75) is 62.2 Å². The zero-order valence-corrected chi connectivity index (χ0v) is 40.2. The minimum absolute atomic E-state index is 0.0184. The third kappa shape index (κ3) is 15.6. The van der Waals surface area contributed by atoms with Crippen molar-refractivity contribution >= 4 is 49.0 Å². The molecule has 70 heavy (non-hydrogen) atoms. The van der Waals surface area contributed by atoms with E-state index in [0.717, 1.165) is 6.42 Å². The van der Waals surface area contributed by atoms with E-state index in [0.29, 0.717) is 99.5 Å². The van der Waals surface area contributed by atoms with Gasteiger partial charge in [0.05, 0.1) is 64.2 Å². The number of hydrogen-bond donors (Lipinski definition) is 5. The van der Waals surface area contributed by atoms with Crippen molar-refractivity contribution in [2.75, 3.05) is 71.7 Å². The van der Waals surface area contributed by atoms with Crippen molar-refractivity contribution in [2.24, 2.45) is 5.73 Å². The Hall–Kier alpha value is -4.89. The summed E-state index contributed by atoms with van der Waals surface area (Å²) >= 11 is 0.611. The topological polar surface area (TPSA) is 334 Å². The first-order valence-electron chi connectivity index (χ1n) is 22.1. The Kier molecular flexibility index (Phi) is 19.3. The lowest BCUT2D eigenvalue weighted by molar-refractivity contribution is -0.0456. The molecular formula is C42H54N8O17P2S. The smallest absolute Gasteiger partial charge is 0.472 e. The number of nitrogens with two attached hydrogens (primary N) is 2. The van der Waals surface area contributed by atoms with Gasteiger partial charge in [-0.1, -0.05) is 12.1 Å². The fourth-order valence-corrected chi connectivity index (χ4v) is 10.3. The van der Waals surface area contributed by atoms with E-state index < -0.39 is 69.2 Å². The molecule has 2 fully saturated rings. The van der Waals surface area contributed by atoms with Gasteiger partial charge in [-0.2, -0.15) is 0 Å². The number of benzene rings is 2. The lowest BCUT2D eigenvalue weighted by Crippen LogP contribution is -2.31. The Morgan fingerprint density at radius 2 is 1.54 bits per heavy atom. The van der Waals surface area contributed by atoms with Crippen molar-refractivity contribution in [3.63, 3.8) is 0 Å². The maximum Gasteiger partial charge on any atom is 0.472 e. The van der Waals surface area contributed by atoms with Gasteiger partial charge in [0.15, 0.2) is 11.5 Å². The summed E-state index contributed by atoms with van der Waals surface area (Å²) < 4.78 is 85.3. The molecular weight excluding hydrogens is 983 g/mol. The van der Waals surface area contributed by atoms with E-state index in [1.807, 2.05) is 0 Å². The number of esters is 1. The average molecular weight is 1040 g/mol. The minimum atomic E-state index is -4.85. The highest BCUT2D eigenvalue weighted by atomic mass is 32.7. The van der Waals surface area contributed by atoms with Crippen LogP contribution in [0.3, 0.4) is 0 Å². The second-order valence-electron chi connectivity index (χ2n) is 15.6. The summed E-state index contributed by atoms with van der Waals surface area (Å²) in [5, 5.41) is 0. The fourth-order valence-electron chi connectivity index (χ4n) is 7.07. The van der Waals surface area contributed by atoms with Crippen LogP contribution in [0.2, 0.25) is 0 Å². The van der Waals surface area contributed by atoms with Crippen molar-refractivity contribution in [1.29, 1.82) is 0 Å². The molecule has 7 rings (SSSR count). The van der Waals surface area contributed by atoms with Crippen LogP contribution in [0.25, 0.3) is 11.2 Å². The SMILES string of the molecule is NCCCOCCOCCOCCOc1ccc(C(=O)Oc2ccc(CSP(=O)(O)OC[C@H]3O[C@@H](n4cnc5c(N)ncnc54)C[C@@H]3OP(=O)(O)OC[C@@H]3CC[C@H](n4ccc(=O)[nH]c4=O)O3)cc2)cc1. The molecule has 2 aliphatic heterocycles. The van der Waals surface area contributed by atoms with Gasteiger partial charge >= 0.3 is 26.3 Å². The third-order valence-electron chi connectivity index (χ3n) is 10.6. The Morgan fingerprint density at radius 1 is 0.829 bits per heavy atom. The van der Waals surface area contributed by atoms with Gasteiger partial charge in [0.25, 0.3) is 5.56 Å². The highest BCUT2D eigenvalue weighted by Crippen LogP contribution is 2.58. The predicted octanol–water partition coefficient (Wildman–Crippen LogP) is 3.47. The highest BCUT2D eigenvalue weighted by molar-refractivity contribution is 8.54. The van der Waals surface area contributed by atoms with E-state index >= 15 is 0 Å². The third-order valence-corrected chi connectivity index (χ3v) is 14.5. The number of phosphoric acid groups is 1. The van der Waals surface area contributed by atoms with Gasteiger partial charge in [-0.25, -0.2) is 33.7 Å². The number of aromatic nitrogens is 6. The molecule has 0 radical (unpaired) electrons. The molecule has 2 saturated heterocycles. The van der Waals surface area contributed by atoms with Gasteiger partial charge in [0.1, 0.15) is 54.6 Å². The number of ether oxygens (including phenoxy) is 7. The second-order valence-corrected chi connectivity index (χ2v) is 20.9. The first kappa shape index (κ1) is 52.9. The Morgan fingerprint density at radius 3 is 2.27 bits per heavy atom. The number of nitrogen functional groups attached to an aromatic ring is 1. The van der Waals surface area contributed by atoms with E-state index in [2.05, 4.69) is 19.9 Å². The van der Waals surface area contributed by atoms with Gasteiger partial charge in [0.2, 0.25) is 0 Å². The normalized spacial score (nSPS) is 20.9. The van der Waals surface area contributed by atoms with Crippen LogP contribution in [-0.4, -0.2) is 129 Å². The van der Waals surface area contributed by atoms with E-state index in [4.69, 9.17) is 58.2 Å². The first-order chi connectivity index (χ1) is 33.8. The Bertz CT molecular complexity index is 2700. The molecule has 0 amide bonds. The summed E-state index contributed by atoms with van der Waals surface area (Å²) in [5.41, 5.74) is 11.6. The number of aromatic amines is 1. The van der Waals surface area contributed by atoms with Crippen LogP contribution in [0.5, 0.6) is 11.5 Å². The highest BCUT2D eigenvalue weighted by Gasteiger charge is 2.44. The average Bonchev–Trinajstić information content (AvgIpc) is 4.10. The number of H-pyrrole nitrogens is 1. The van der Waals surface area contributed by atoms with Crippen molar-refractivity contribution < 1.29 is 70.4 Å². The number of fused-ring (bicyclic) bond motifs is 1. The molecule has 2 unspecified atom stereocenters. The number of carbonyl (C=O) groups is 1. The molecule has 3 aromatic heterocycles. The number of hydrogen-bond acceptors (Lipinski definition) is 21. The number of phosphoric ester groups is 1. The lowest BCUT2D eigenvalue weighted by Gasteiger charge is -2.23. The van der Waals surface area contributed by atoms with Gasteiger partial charge in [0, 0.05) is 31.0 Å². The van der Waals surface area contributed by atoms with Crippen molar-refractivity contribution in [1.82, 2.24) is 29.1 Å². The quantitative estimate of drug-likeness (QED) is 0.0207. The molecule has 28 heteroatoms.